The highest BCUT2D eigenvalue weighted by Crippen LogP contribution is 2.35. The molecule has 2 heterocycles. The molecule has 2 aromatic carbocycles. The third kappa shape index (κ3) is 3.93. The number of nitrogens with one attached hydrogen (secondary N) is 1. The van der Waals surface area contributed by atoms with Crippen LogP contribution in [0.3, 0.4) is 0 Å². The quantitative estimate of drug-likeness (QED) is 0.670. The Morgan fingerprint density at radius 3 is 2.50 bits per heavy atom. The molecule has 9 heteroatoms. The molecule has 2 amide bonds. The fourth-order valence-corrected chi connectivity index (χ4v) is 4.28. The van der Waals surface area contributed by atoms with Crippen molar-refractivity contribution < 1.29 is 18.4 Å². The predicted molar refractivity (Wildman–Crippen MR) is 108 cm³/mol. The highest BCUT2D eigenvalue weighted by atomic mass is 32.1. The number of rotatable bonds is 4. The van der Waals surface area contributed by atoms with Crippen LogP contribution in [0, 0.1) is 18.6 Å². The molecular weight excluding hydrogens is 410 g/mol. The van der Waals surface area contributed by atoms with Gasteiger partial charge in [0.2, 0.25) is 5.01 Å². The average molecular weight is 428 g/mol. The predicted octanol–water partition coefficient (Wildman–Crippen LogP) is 4.35. The Morgan fingerprint density at radius 1 is 1.10 bits per heavy atom. The van der Waals surface area contributed by atoms with Crippen LogP contribution in [0.5, 0.6) is 0 Å². The zero-order chi connectivity index (χ0) is 21.3. The summed E-state index contributed by atoms with van der Waals surface area (Å²) in [7, 11) is 0. The van der Waals surface area contributed by atoms with E-state index in [1.807, 2.05) is 19.1 Å². The lowest BCUT2D eigenvalue weighted by Gasteiger charge is -2.23. The summed E-state index contributed by atoms with van der Waals surface area (Å²) in [5, 5.41) is 11.4. The molecule has 3 aromatic rings. The number of likely N-dealkylation sites (tertiary alicyclic amines) is 1. The second kappa shape index (κ2) is 8.27. The van der Waals surface area contributed by atoms with Gasteiger partial charge >= 0.3 is 0 Å². The van der Waals surface area contributed by atoms with E-state index < -0.39 is 35.1 Å². The maximum absolute atomic E-state index is 14.1. The molecule has 0 radical (unpaired) electrons. The number of anilines is 1. The molecule has 30 heavy (non-hydrogen) atoms. The summed E-state index contributed by atoms with van der Waals surface area (Å²) in [6.45, 7) is 2.30. The lowest BCUT2D eigenvalue weighted by molar-refractivity contribution is 0.0725. The van der Waals surface area contributed by atoms with Gasteiger partial charge in [-0.2, -0.15) is 0 Å². The topological polar surface area (TPSA) is 75.2 Å². The van der Waals surface area contributed by atoms with E-state index in [1.165, 1.54) is 11.0 Å². The molecule has 6 nitrogen and oxygen atoms in total. The van der Waals surface area contributed by atoms with Crippen LogP contribution in [0.25, 0.3) is 0 Å². The zero-order valence-corrected chi connectivity index (χ0v) is 16.9. The summed E-state index contributed by atoms with van der Waals surface area (Å²) >= 11 is 1.07. The number of benzene rings is 2. The minimum absolute atomic E-state index is 0.155. The first-order chi connectivity index (χ1) is 14.4. The van der Waals surface area contributed by atoms with Crippen LogP contribution in [0.1, 0.15) is 49.6 Å². The van der Waals surface area contributed by atoms with Crippen molar-refractivity contribution in [3.05, 3.63) is 75.2 Å². The molecule has 0 aliphatic carbocycles. The Kier molecular flexibility index (Phi) is 5.54. The lowest BCUT2D eigenvalue weighted by atomic mass is 10.1. The minimum Gasteiger partial charge on any atom is -0.329 e. The molecule has 1 N–H and O–H groups in total. The molecule has 1 aromatic heterocycles. The monoisotopic (exact) mass is 428 g/mol. The smallest absolute Gasteiger partial charge is 0.286 e. The molecule has 154 valence electrons. The lowest BCUT2D eigenvalue weighted by Crippen LogP contribution is -2.32. The fourth-order valence-electron chi connectivity index (χ4n) is 3.39. The van der Waals surface area contributed by atoms with Crippen LogP contribution >= 0.6 is 11.3 Å². The van der Waals surface area contributed by atoms with Crippen LogP contribution in [0.2, 0.25) is 0 Å². The van der Waals surface area contributed by atoms with Gasteiger partial charge in [0.15, 0.2) is 0 Å². The number of hydrogen-bond donors (Lipinski definition) is 1. The molecule has 1 atom stereocenters. The van der Waals surface area contributed by atoms with Crippen molar-refractivity contribution in [3.8, 4) is 0 Å². The first-order valence-corrected chi connectivity index (χ1v) is 10.2. The highest BCUT2D eigenvalue weighted by molar-refractivity contribution is 7.13. The molecule has 0 bridgehead atoms. The van der Waals surface area contributed by atoms with E-state index in [0.717, 1.165) is 29.0 Å². The number of carbonyl (C=O) groups is 2. The largest absolute Gasteiger partial charge is 0.329 e. The third-order valence-electron chi connectivity index (χ3n) is 4.92. The molecule has 0 saturated carbocycles. The number of aryl methyl sites for hydroxylation is 1. The van der Waals surface area contributed by atoms with E-state index in [-0.39, 0.29) is 5.01 Å². The molecule has 1 fully saturated rings. The minimum atomic E-state index is -0.902. The first-order valence-electron chi connectivity index (χ1n) is 9.40. The van der Waals surface area contributed by atoms with E-state index in [2.05, 4.69) is 15.5 Å². The molecule has 1 aliphatic heterocycles. The molecule has 0 unspecified atom stereocenters. The Labute approximate surface area is 175 Å². The summed E-state index contributed by atoms with van der Waals surface area (Å²) in [5.74, 6) is -2.94. The van der Waals surface area contributed by atoms with Crippen molar-refractivity contribution in [2.24, 2.45) is 0 Å². The van der Waals surface area contributed by atoms with Crippen LogP contribution in [0.15, 0.2) is 42.5 Å². The van der Waals surface area contributed by atoms with Gasteiger partial charge in [-0.1, -0.05) is 35.1 Å². The highest BCUT2D eigenvalue weighted by Gasteiger charge is 2.35. The fraction of sp³-hybridized carbons (Fsp3) is 0.238. The van der Waals surface area contributed by atoms with Gasteiger partial charge in [0, 0.05) is 12.2 Å². The van der Waals surface area contributed by atoms with Crippen molar-refractivity contribution in [1.82, 2.24) is 15.1 Å². The number of nitrogens with zero attached hydrogens (tertiary/aromatic N) is 3. The Balaban J connectivity index is 1.52. The van der Waals surface area contributed by atoms with Gasteiger partial charge in [-0.15, -0.1) is 10.2 Å². The van der Waals surface area contributed by atoms with Crippen LogP contribution in [-0.4, -0.2) is 33.5 Å². The summed E-state index contributed by atoms with van der Waals surface area (Å²) in [6, 6.07) is 10.2. The van der Waals surface area contributed by atoms with Crippen molar-refractivity contribution in [3.63, 3.8) is 0 Å². The summed E-state index contributed by atoms with van der Waals surface area (Å²) in [6.07, 6.45) is 1.24. The Morgan fingerprint density at radius 2 is 1.80 bits per heavy atom. The Hall–Kier alpha value is -3.20. The summed E-state index contributed by atoms with van der Waals surface area (Å²) in [4.78, 5) is 26.7. The van der Waals surface area contributed by atoms with Gasteiger partial charge in [0.25, 0.3) is 11.8 Å². The van der Waals surface area contributed by atoms with Crippen molar-refractivity contribution >= 4 is 28.8 Å². The van der Waals surface area contributed by atoms with Crippen molar-refractivity contribution in [2.75, 3.05) is 11.9 Å². The number of carbonyl (C=O) groups excluding carboxylic acids is 2. The molecule has 1 saturated heterocycles. The maximum atomic E-state index is 14.1. The number of hydrogen-bond acceptors (Lipinski definition) is 5. The van der Waals surface area contributed by atoms with E-state index in [9.17, 15) is 18.4 Å². The van der Waals surface area contributed by atoms with Gasteiger partial charge in [-0.3, -0.25) is 9.59 Å². The van der Waals surface area contributed by atoms with E-state index in [0.29, 0.717) is 30.1 Å². The van der Waals surface area contributed by atoms with Gasteiger partial charge in [0.1, 0.15) is 22.2 Å². The van der Waals surface area contributed by atoms with Crippen LogP contribution in [0.4, 0.5) is 14.5 Å². The van der Waals surface area contributed by atoms with Gasteiger partial charge in [0.05, 0.1) is 6.04 Å². The van der Waals surface area contributed by atoms with Crippen molar-refractivity contribution in [1.29, 1.82) is 0 Å². The summed E-state index contributed by atoms with van der Waals surface area (Å²) in [5.41, 5.74) is 1.13. The van der Waals surface area contributed by atoms with Gasteiger partial charge < -0.3 is 10.2 Å². The molecule has 4 rings (SSSR count). The standard InChI is InChI=1S/C21H18F2N4O2S/c1-12-7-9-13(10-8-12)24-18(28)20-26-25-19(30-20)16-6-3-11-27(16)21(29)17-14(22)4-2-5-15(17)23/h2,4-5,7-10,16H,3,6,11H2,1H3,(H,24,28)/t16-/m1/s1. The van der Waals surface area contributed by atoms with Crippen LogP contribution < -0.4 is 5.32 Å². The summed E-state index contributed by atoms with van der Waals surface area (Å²) < 4.78 is 28.1. The van der Waals surface area contributed by atoms with Crippen LogP contribution in [-0.2, 0) is 0 Å². The van der Waals surface area contributed by atoms with E-state index >= 15 is 0 Å². The second-order valence-corrected chi connectivity index (χ2v) is 8.03. The molecule has 1 aliphatic rings. The second-order valence-electron chi connectivity index (χ2n) is 7.02. The van der Waals surface area contributed by atoms with Gasteiger partial charge in [-0.25, -0.2) is 8.78 Å². The number of amides is 2. The van der Waals surface area contributed by atoms with Crippen molar-refractivity contribution in [2.45, 2.75) is 25.8 Å². The number of halogens is 2. The Bertz CT molecular complexity index is 1080. The third-order valence-corrected chi connectivity index (χ3v) is 5.94. The first kappa shape index (κ1) is 20.1. The maximum Gasteiger partial charge on any atom is 0.286 e. The van der Waals surface area contributed by atoms with E-state index in [1.54, 1.807) is 12.1 Å². The average Bonchev–Trinajstić information content (AvgIpc) is 3.39. The SMILES string of the molecule is Cc1ccc(NC(=O)c2nnc([C@H]3CCCN3C(=O)c3c(F)cccc3F)s2)cc1. The zero-order valence-electron chi connectivity index (χ0n) is 16.1. The van der Waals surface area contributed by atoms with Gasteiger partial charge in [-0.05, 0) is 44.0 Å². The normalized spacial score (nSPS) is 16.0. The number of aromatic nitrogens is 2. The molecular formula is C21H18F2N4O2S. The van der Waals surface area contributed by atoms with E-state index in [4.69, 9.17) is 0 Å². The molecule has 0 spiro atoms.